The van der Waals surface area contributed by atoms with Gasteiger partial charge >= 0.3 is 0 Å². The van der Waals surface area contributed by atoms with Crippen molar-refractivity contribution in [3.63, 3.8) is 0 Å². The topological polar surface area (TPSA) is 9.23 Å². The third-order valence-corrected chi connectivity index (χ3v) is 7.45. The average molecular weight is 443 g/mol. The van der Waals surface area contributed by atoms with E-state index in [0.29, 0.717) is 17.9 Å². The van der Waals surface area contributed by atoms with Crippen LogP contribution in [-0.2, 0) is 12.8 Å². The first-order chi connectivity index (χ1) is 15.5. The highest BCUT2D eigenvalue weighted by Gasteiger charge is 2.27. The Labute approximate surface area is 189 Å². The molecule has 0 unspecified atom stereocenters. The van der Waals surface area contributed by atoms with Crippen molar-refractivity contribution in [3.05, 3.63) is 64.5 Å². The summed E-state index contributed by atoms with van der Waals surface area (Å²) in [5.74, 6) is -1.32. The van der Waals surface area contributed by atoms with Gasteiger partial charge in [-0.15, -0.1) is 0 Å². The van der Waals surface area contributed by atoms with Gasteiger partial charge in [0, 0.05) is 11.1 Å². The van der Waals surface area contributed by atoms with Gasteiger partial charge in [0.1, 0.15) is 5.82 Å². The lowest BCUT2D eigenvalue weighted by molar-refractivity contribution is 0.279. The van der Waals surface area contributed by atoms with Crippen LogP contribution in [0.2, 0.25) is 0 Å². The van der Waals surface area contributed by atoms with Gasteiger partial charge in [0.15, 0.2) is 11.6 Å². The zero-order valence-electron chi connectivity index (χ0n) is 19.2. The summed E-state index contributed by atoms with van der Waals surface area (Å²) in [4.78, 5) is 0. The minimum atomic E-state index is -1.09. The monoisotopic (exact) mass is 442 g/mol. The van der Waals surface area contributed by atoms with E-state index in [4.69, 9.17) is 4.74 Å². The van der Waals surface area contributed by atoms with E-state index in [1.54, 1.807) is 6.07 Å². The molecular formula is C28H33F3O. The molecule has 172 valence electrons. The van der Waals surface area contributed by atoms with Crippen molar-refractivity contribution in [2.75, 3.05) is 7.11 Å². The number of hydrogen-bond acceptors (Lipinski definition) is 1. The van der Waals surface area contributed by atoms with E-state index in [1.807, 2.05) is 6.07 Å². The van der Waals surface area contributed by atoms with E-state index in [-0.39, 0.29) is 16.9 Å². The number of halogens is 3. The Morgan fingerprint density at radius 2 is 1.59 bits per heavy atom. The molecule has 2 aromatic carbocycles. The highest BCUT2D eigenvalue weighted by Crippen LogP contribution is 2.40. The molecule has 1 fully saturated rings. The molecule has 2 aliphatic rings. The number of benzene rings is 2. The van der Waals surface area contributed by atoms with E-state index < -0.39 is 17.5 Å². The quantitative estimate of drug-likeness (QED) is 0.310. The highest BCUT2D eigenvalue weighted by molar-refractivity contribution is 5.68. The number of hydrogen-bond donors (Lipinski definition) is 0. The van der Waals surface area contributed by atoms with Gasteiger partial charge in [-0.2, -0.15) is 4.39 Å². The van der Waals surface area contributed by atoms with Crippen LogP contribution in [0.4, 0.5) is 13.2 Å². The second kappa shape index (κ2) is 10.1. The summed E-state index contributed by atoms with van der Waals surface area (Å²) >= 11 is 0. The molecule has 0 spiro atoms. The van der Waals surface area contributed by atoms with Crippen LogP contribution in [0.3, 0.4) is 0 Å². The molecule has 1 saturated carbocycles. The maximum Gasteiger partial charge on any atom is 0.201 e. The Kier molecular flexibility index (Phi) is 7.27. The van der Waals surface area contributed by atoms with Gasteiger partial charge in [-0.05, 0) is 73.6 Å². The van der Waals surface area contributed by atoms with Crippen molar-refractivity contribution in [2.45, 2.75) is 71.1 Å². The van der Waals surface area contributed by atoms with Gasteiger partial charge in [-0.3, -0.25) is 0 Å². The van der Waals surface area contributed by atoms with Gasteiger partial charge in [0.05, 0.1) is 7.11 Å². The summed E-state index contributed by atoms with van der Waals surface area (Å²) in [7, 11) is 1.28. The largest absolute Gasteiger partial charge is 0.494 e. The SMILES string of the molecule is CCCCCC1CCC(C2=CCc3c(ccc(-c4ccc(OC)c(F)c4F)c3F)C2)CC1. The van der Waals surface area contributed by atoms with Crippen molar-refractivity contribution in [3.8, 4) is 16.9 Å². The summed E-state index contributed by atoms with van der Waals surface area (Å²) in [6.45, 7) is 2.25. The zero-order chi connectivity index (χ0) is 22.7. The maximum atomic E-state index is 15.4. The molecule has 0 amide bonds. The smallest absolute Gasteiger partial charge is 0.201 e. The fourth-order valence-corrected chi connectivity index (χ4v) is 5.49. The molecule has 0 atom stereocenters. The van der Waals surface area contributed by atoms with Crippen LogP contribution in [0, 0.1) is 29.3 Å². The normalized spacial score (nSPS) is 20.6. The maximum absolute atomic E-state index is 15.4. The number of ether oxygens (including phenoxy) is 1. The fraction of sp³-hybridized carbons (Fsp3) is 0.500. The van der Waals surface area contributed by atoms with Gasteiger partial charge < -0.3 is 4.74 Å². The molecule has 0 radical (unpaired) electrons. The summed E-state index contributed by atoms with van der Waals surface area (Å²) in [6, 6.07) is 6.19. The van der Waals surface area contributed by atoms with Crippen LogP contribution in [0.15, 0.2) is 35.9 Å². The van der Waals surface area contributed by atoms with Crippen molar-refractivity contribution in [2.24, 2.45) is 11.8 Å². The van der Waals surface area contributed by atoms with E-state index in [9.17, 15) is 8.78 Å². The lowest BCUT2D eigenvalue weighted by Crippen LogP contribution is -2.19. The molecular weight excluding hydrogens is 409 g/mol. The summed E-state index contributed by atoms with van der Waals surface area (Å²) in [5.41, 5.74) is 3.05. The molecule has 0 saturated heterocycles. The van der Waals surface area contributed by atoms with Gasteiger partial charge in [-0.1, -0.05) is 56.4 Å². The van der Waals surface area contributed by atoms with Crippen molar-refractivity contribution in [1.29, 1.82) is 0 Å². The molecule has 0 heterocycles. The fourth-order valence-electron chi connectivity index (χ4n) is 5.49. The average Bonchev–Trinajstić information content (AvgIpc) is 2.82. The van der Waals surface area contributed by atoms with Crippen LogP contribution in [0.25, 0.3) is 11.1 Å². The highest BCUT2D eigenvalue weighted by atomic mass is 19.2. The van der Waals surface area contributed by atoms with Crippen molar-refractivity contribution in [1.82, 2.24) is 0 Å². The van der Waals surface area contributed by atoms with Crippen LogP contribution >= 0.6 is 0 Å². The number of allylic oxidation sites excluding steroid dienone is 2. The summed E-state index contributed by atoms with van der Waals surface area (Å²) in [5, 5.41) is 0. The van der Waals surface area contributed by atoms with E-state index in [1.165, 1.54) is 76.2 Å². The molecule has 2 aromatic rings. The third kappa shape index (κ3) is 4.60. The second-order valence-electron chi connectivity index (χ2n) is 9.38. The third-order valence-electron chi connectivity index (χ3n) is 7.45. The first kappa shape index (κ1) is 22.9. The Hall–Kier alpha value is -2.23. The lowest BCUT2D eigenvalue weighted by atomic mass is 9.73. The van der Waals surface area contributed by atoms with Crippen LogP contribution in [0.1, 0.15) is 69.4 Å². The first-order valence-corrected chi connectivity index (χ1v) is 12.0. The second-order valence-corrected chi connectivity index (χ2v) is 9.38. The van der Waals surface area contributed by atoms with Gasteiger partial charge in [0.2, 0.25) is 5.82 Å². The zero-order valence-corrected chi connectivity index (χ0v) is 19.2. The molecule has 0 bridgehead atoms. The van der Waals surface area contributed by atoms with Gasteiger partial charge in [0.25, 0.3) is 0 Å². The summed E-state index contributed by atoms with van der Waals surface area (Å²) in [6.07, 6.45) is 13.8. The predicted octanol–water partition coefficient (Wildman–Crippen LogP) is 8.19. The molecule has 0 aliphatic heterocycles. The number of unbranched alkanes of at least 4 members (excludes halogenated alkanes) is 2. The van der Waals surface area contributed by atoms with Crippen molar-refractivity contribution >= 4 is 0 Å². The summed E-state index contributed by atoms with van der Waals surface area (Å²) < 4.78 is 48.9. The molecule has 32 heavy (non-hydrogen) atoms. The molecule has 0 aromatic heterocycles. The Morgan fingerprint density at radius 3 is 2.31 bits per heavy atom. The number of methoxy groups -OCH3 is 1. The van der Waals surface area contributed by atoms with Crippen LogP contribution in [-0.4, -0.2) is 7.11 Å². The van der Waals surface area contributed by atoms with Gasteiger partial charge in [-0.25, -0.2) is 8.78 Å². The lowest BCUT2D eigenvalue weighted by Gasteiger charge is -2.32. The molecule has 1 nitrogen and oxygen atoms in total. The number of fused-ring (bicyclic) bond motifs is 1. The Morgan fingerprint density at radius 1 is 0.875 bits per heavy atom. The first-order valence-electron chi connectivity index (χ1n) is 12.0. The Balaban J connectivity index is 1.47. The molecule has 4 heteroatoms. The molecule has 0 N–H and O–H groups in total. The molecule has 4 rings (SSSR count). The van der Waals surface area contributed by atoms with E-state index in [0.717, 1.165) is 17.9 Å². The molecule has 2 aliphatic carbocycles. The Bertz CT molecular complexity index is 987. The minimum absolute atomic E-state index is 0.0697. The van der Waals surface area contributed by atoms with Crippen LogP contribution in [0.5, 0.6) is 5.75 Å². The van der Waals surface area contributed by atoms with Crippen molar-refractivity contribution < 1.29 is 17.9 Å². The van der Waals surface area contributed by atoms with Crippen LogP contribution < -0.4 is 4.74 Å². The predicted molar refractivity (Wildman–Crippen MR) is 123 cm³/mol. The minimum Gasteiger partial charge on any atom is -0.494 e. The van der Waals surface area contributed by atoms with E-state index in [2.05, 4.69) is 13.0 Å². The standard InChI is InChI=1S/C28H33F3O/c1-3-4-5-6-18-7-9-19(10-8-18)20-11-13-22-21(17-20)12-14-23(26(22)29)24-15-16-25(32-2)28(31)27(24)30/h11-12,14-16,18-19H,3-10,13,17H2,1-2H3. The number of rotatable bonds is 7. The van der Waals surface area contributed by atoms with E-state index >= 15 is 4.39 Å².